The Hall–Kier alpha value is -3.09. The minimum Gasteiger partial charge on any atom is -0.494 e. The van der Waals surface area contributed by atoms with Crippen molar-refractivity contribution >= 4 is 16.9 Å². The fourth-order valence-corrected chi connectivity index (χ4v) is 3.53. The molecule has 146 valence electrons. The van der Waals surface area contributed by atoms with Gasteiger partial charge < -0.3 is 14.4 Å². The van der Waals surface area contributed by atoms with Gasteiger partial charge in [-0.15, -0.1) is 0 Å². The first-order valence-corrected chi connectivity index (χ1v) is 9.66. The highest BCUT2D eigenvalue weighted by atomic mass is 16.5. The largest absolute Gasteiger partial charge is 0.494 e. The Morgan fingerprint density at radius 3 is 2.93 bits per heavy atom. The Bertz CT molecular complexity index is 985. The number of unbranched alkanes of at least 4 members (excludes halogenated alkanes) is 1. The zero-order chi connectivity index (χ0) is 19.5. The van der Waals surface area contributed by atoms with Crippen LogP contribution in [0.25, 0.3) is 22.2 Å². The number of carbonyl (C=O) groups is 1. The molecule has 28 heavy (non-hydrogen) atoms. The average Bonchev–Trinajstić information content (AvgIpc) is 3.37. The highest BCUT2D eigenvalue weighted by Crippen LogP contribution is 2.32. The van der Waals surface area contributed by atoms with Crippen LogP contribution in [0.3, 0.4) is 0 Å². The number of ether oxygens (including phenoxy) is 1. The summed E-state index contributed by atoms with van der Waals surface area (Å²) in [5, 5.41) is 15.5. The Morgan fingerprint density at radius 2 is 2.11 bits per heavy atom. The van der Waals surface area contributed by atoms with Crippen molar-refractivity contribution in [3.8, 4) is 17.1 Å². The number of rotatable bonds is 6. The summed E-state index contributed by atoms with van der Waals surface area (Å²) >= 11 is 0. The molecule has 7 nitrogen and oxygen atoms in total. The van der Waals surface area contributed by atoms with Crippen molar-refractivity contribution in [3.63, 3.8) is 0 Å². The summed E-state index contributed by atoms with van der Waals surface area (Å²) in [5.74, 6) is 1.69. The zero-order valence-electron chi connectivity index (χ0n) is 15.8. The van der Waals surface area contributed by atoms with Crippen LogP contribution in [0.5, 0.6) is 5.75 Å². The molecule has 3 aromatic rings. The first kappa shape index (κ1) is 18.3. The maximum absolute atomic E-state index is 11.3. The number of aromatic nitrogens is 2. The van der Waals surface area contributed by atoms with E-state index in [-0.39, 0.29) is 6.04 Å². The molecule has 1 fully saturated rings. The number of nitrogens with zero attached hydrogens (tertiary/aromatic N) is 3. The molecule has 0 unspecified atom stereocenters. The third-order valence-electron chi connectivity index (χ3n) is 5.06. The van der Waals surface area contributed by atoms with E-state index in [1.165, 1.54) is 4.90 Å². The van der Waals surface area contributed by atoms with Crippen molar-refractivity contribution in [3.05, 3.63) is 42.3 Å². The lowest BCUT2D eigenvalue weighted by molar-refractivity contribution is 0.131. The van der Waals surface area contributed by atoms with E-state index in [1.807, 2.05) is 36.4 Å². The molecule has 1 aliphatic rings. The van der Waals surface area contributed by atoms with E-state index in [0.29, 0.717) is 24.7 Å². The zero-order valence-corrected chi connectivity index (χ0v) is 15.8. The molecule has 0 aliphatic carbocycles. The standard InChI is InChI=1S/C21H23N3O4/c1-2-3-11-27-17-9-8-14-12-16(7-6-15(14)13-17)19-22-20(28-23-19)18-5-4-10-24(18)21(25)26/h6-9,12-13,18H,2-5,10-11H2,1H3,(H,25,26)/t18-/m0/s1. The van der Waals surface area contributed by atoms with Crippen molar-refractivity contribution in [2.45, 2.75) is 38.6 Å². The summed E-state index contributed by atoms with van der Waals surface area (Å²) in [4.78, 5) is 17.2. The quantitative estimate of drug-likeness (QED) is 0.612. The molecule has 1 N–H and O–H groups in total. The molecule has 0 radical (unpaired) electrons. The average molecular weight is 381 g/mol. The van der Waals surface area contributed by atoms with Gasteiger partial charge in [0.1, 0.15) is 11.8 Å². The summed E-state index contributed by atoms with van der Waals surface area (Å²) in [6, 6.07) is 11.6. The van der Waals surface area contributed by atoms with Gasteiger partial charge >= 0.3 is 6.09 Å². The number of fused-ring (bicyclic) bond motifs is 1. The highest BCUT2D eigenvalue weighted by Gasteiger charge is 2.34. The number of hydrogen-bond acceptors (Lipinski definition) is 5. The molecule has 1 aliphatic heterocycles. The van der Waals surface area contributed by atoms with Crippen LogP contribution in [0.2, 0.25) is 0 Å². The summed E-state index contributed by atoms with van der Waals surface area (Å²) in [6.45, 7) is 3.36. The lowest BCUT2D eigenvalue weighted by atomic mass is 10.1. The van der Waals surface area contributed by atoms with Crippen LogP contribution < -0.4 is 4.74 Å². The van der Waals surface area contributed by atoms with E-state index in [9.17, 15) is 9.90 Å². The van der Waals surface area contributed by atoms with Crippen molar-refractivity contribution in [2.75, 3.05) is 13.2 Å². The maximum Gasteiger partial charge on any atom is 0.407 e. The first-order valence-electron chi connectivity index (χ1n) is 9.66. The smallest absolute Gasteiger partial charge is 0.407 e. The molecule has 0 saturated carbocycles. The molecular weight excluding hydrogens is 358 g/mol. The van der Waals surface area contributed by atoms with Gasteiger partial charge in [-0.2, -0.15) is 4.98 Å². The number of amides is 1. The number of carboxylic acid groups (broad SMARTS) is 1. The van der Waals surface area contributed by atoms with E-state index in [1.54, 1.807) is 0 Å². The Balaban J connectivity index is 1.55. The summed E-state index contributed by atoms with van der Waals surface area (Å²) in [7, 11) is 0. The normalized spacial score (nSPS) is 16.6. The lowest BCUT2D eigenvalue weighted by Gasteiger charge is -2.17. The molecular formula is C21H23N3O4. The van der Waals surface area contributed by atoms with E-state index < -0.39 is 6.09 Å². The van der Waals surface area contributed by atoms with Crippen LogP contribution in [-0.2, 0) is 0 Å². The monoisotopic (exact) mass is 381 g/mol. The van der Waals surface area contributed by atoms with Crippen LogP contribution >= 0.6 is 0 Å². The molecule has 1 amide bonds. The minimum atomic E-state index is -0.954. The number of benzene rings is 2. The topological polar surface area (TPSA) is 88.7 Å². The van der Waals surface area contributed by atoms with Gasteiger partial charge in [-0.3, -0.25) is 4.90 Å². The second-order valence-corrected chi connectivity index (χ2v) is 7.02. The number of likely N-dealkylation sites (tertiary alicyclic amines) is 1. The molecule has 1 atom stereocenters. The van der Waals surface area contributed by atoms with Crippen molar-refractivity contribution < 1.29 is 19.2 Å². The van der Waals surface area contributed by atoms with Gasteiger partial charge in [-0.25, -0.2) is 4.79 Å². The molecule has 1 aromatic heterocycles. The molecule has 2 heterocycles. The summed E-state index contributed by atoms with van der Waals surface area (Å²) in [5.41, 5.74) is 0.835. The van der Waals surface area contributed by atoms with Crippen molar-refractivity contribution in [2.24, 2.45) is 0 Å². The Kier molecular flexibility index (Phi) is 5.14. The molecule has 4 rings (SSSR count). The summed E-state index contributed by atoms with van der Waals surface area (Å²) < 4.78 is 11.2. The fraction of sp³-hybridized carbons (Fsp3) is 0.381. The second kappa shape index (κ2) is 7.88. The van der Waals surface area contributed by atoms with Crippen LogP contribution in [0.15, 0.2) is 40.9 Å². The lowest BCUT2D eigenvalue weighted by Crippen LogP contribution is -2.28. The van der Waals surface area contributed by atoms with E-state index in [4.69, 9.17) is 9.26 Å². The van der Waals surface area contributed by atoms with Gasteiger partial charge in [0.15, 0.2) is 0 Å². The van der Waals surface area contributed by atoms with Crippen molar-refractivity contribution in [1.82, 2.24) is 15.0 Å². The second-order valence-electron chi connectivity index (χ2n) is 7.02. The maximum atomic E-state index is 11.3. The predicted molar refractivity (Wildman–Crippen MR) is 104 cm³/mol. The van der Waals surface area contributed by atoms with Gasteiger partial charge in [0, 0.05) is 12.1 Å². The molecule has 1 saturated heterocycles. The Labute approximate surface area is 162 Å². The van der Waals surface area contributed by atoms with Crippen molar-refractivity contribution in [1.29, 1.82) is 0 Å². The van der Waals surface area contributed by atoms with Crippen LogP contribution in [0.1, 0.15) is 44.5 Å². The molecule has 2 aromatic carbocycles. The third-order valence-corrected chi connectivity index (χ3v) is 5.06. The van der Waals surface area contributed by atoms with E-state index in [0.717, 1.165) is 48.0 Å². The SMILES string of the molecule is CCCCOc1ccc2cc(-c3noc([C@@H]4CCCN4C(=O)O)n3)ccc2c1. The number of hydrogen-bond donors (Lipinski definition) is 1. The van der Waals surface area contributed by atoms with E-state index in [2.05, 4.69) is 17.1 Å². The molecule has 0 spiro atoms. The van der Waals surface area contributed by atoms with Gasteiger partial charge in [-0.1, -0.05) is 36.7 Å². The van der Waals surface area contributed by atoms with Crippen LogP contribution in [0.4, 0.5) is 4.79 Å². The minimum absolute atomic E-state index is 0.356. The van der Waals surface area contributed by atoms with Gasteiger partial charge in [0.2, 0.25) is 11.7 Å². The fourth-order valence-electron chi connectivity index (χ4n) is 3.53. The van der Waals surface area contributed by atoms with Crippen LogP contribution in [0, 0.1) is 0 Å². The highest BCUT2D eigenvalue weighted by molar-refractivity contribution is 5.87. The first-order chi connectivity index (χ1) is 13.7. The summed E-state index contributed by atoms with van der Waals surface area (Å²) in [6.07, 6.45) is 2.69. The Morgan fingerprint density at radius 1 is 1.29 bits per heavy atom. The van der Waals surface area contributed by atoms with Crippen LogP contribution in [-0.4, -0.2) is 39.4 Å². The van der Waals surface area contributed by atoms with E-state index >= 15 is 0 Å². The van der Waals surface area contributed by atoms with Gasteiger partial charge in [0.25, 0.3) is 0 Å². The molecule has 0 bridgehead atoms. The predicted octanol–water partition coefficient (Wildman–Crippen LogP) is 4.88. The molecule has 7 heteroatoms. The third kappa shape index (κ3) is 3.65. The van der Waals surface area contributed by atoms with Gasteiger partial charge in [0.05, 0.1) is 6.61 Å². The van der Waals surface area contributed by atoms with Gasteiger partial charge in [-0.05, 0) is 48.2 Å².